The highest BCUT2D eigenvalue weighted by molar-refractivity contribution is 5.69. The van der Waals surface area contributed by atoms with Crippen molar-refractivity contribution in [2.45, 2.75) is 51.4 Å². The Balaban J connectivity index is 2.03. The Morgan fingerprint density at radius 1 is 1.42 bits per heavy atom. The molecule has 0 saturated carbocycles. The largest absolute Gasteiger partial charge is 0.444 e. The smallest absolute Gasteiger partial charge is 0.410 e. The third-order valence-electron chi connectivity index (χ3n) is 2.96. The first-order chi connectivity index (χ1) is 8.85. The van der Waals surface area contributed by atoms with Gasteiger partial charge >= 0.3 is 6.09 Å². The van der Waals surface area contributed by atoms with E-state index in [0.29, 0.717) is 13.1 Å². The van der Waals surface area contributed by atoms with Gasteiger partial charge in [0.25, 0.3) is 0 Å². The van der Waals surface area contributed by atoms with Crippen molar-refractivity contribution in [3.8, 4) is 0 Å². The van der Waals surface area contributed by atoms with Gasteiger partial charge in [-0.25, -0.2) is 4.79 Å². The molecule has 1 aromatic rings. The summed E-state index contributed by atoms with van der Waals surface area (Å²) in [5.74, 6) is 0. The van der Waals surface area contributed by atoms with Crippen molar-refractivity contribution in [1.29, 1.82) is 0 Å². The molecule has 2 atom stereocenters. The number of nitrogens with two attached hydrogens (primary N) is 1. The molecule has 1 fully saturated rings. The fourth-order valence-corrected chi connectivity index (χ4v) is 2.23. The van der Waals surface area contributed by atoms with Crippen molar-refractivity contribution in [2.75, 3.05) is 6.54 Å². The van der Waals surface area contributed by atoms with E-state index in [0.717, 1.165) is 6.42 Å². The maximum Gasteiger partial charge on any atom is 0.410 e. The van der Waals surface area contributed by atoms with Gasteiger partial charge < -0.3 is 19.9 Å². The topological polar surface area (TPSA) is 86.3 Å². The standard InChI is InChI=1S/C12H21N5O2/c1-12(2,3)19-11(18)17-5-9(13)4-10(17)6-16-7-14-15-8-16/h7-10H,4-6,13H2,1-3H3. The zero-order valence-corrected chi connectivity index (χ0v) is 11.6. The molecule has 2 N–H and O–H groups in total. The fourth-order valence-electron chi connectivity index (χ4n) is 2.23. The van der Waals surface area contributed by atoms with Gasteiger partial charge in [0.15, 0.2) is 0 Å². The predicted molar refractivity (Wildman–Crippen MR) is 69.3 cm³/mol. The van der Waals surface area contributed by atoms with E-state index < -0.39 is 5.60 Å². The Bertz CT molecular complexity index is 426. The monoisotopic (exact) mass is 267 g/mol. The highest BCUT2D eigenvalue weighted by Crippen LogP contribution is 2.21. The summed E-state index contributed by atoms with van der Waals surface area (Å²) >= 11 is 0. The maximum absolute atomic E-state index is 12.2. The number of carbonyl (C=O) groups excluding carboxylic acids is 1. The van der Waals surface area contributed by atoms with E-state index in [-0.39, 0.29) is 18.2 Å². The van der Waals surface area contributed by atoms with Crippen molar-refractivity contribution in [2.24, 2.45) is 5.73 Å². The quantitative estimate of drug-likeness (QED) is 0.848. The van der Waals surface area contributed by atoms with Crippen LogP contribution in [-0.2, 0) is 11.3 Å². The lowest BCUT2D eigenvalue weighted by Crippen LogP contribution is -2.42. The molecule has 1 amide bonds. The first-order valence-corrected chi connectivity index (χ1v) is 6.43. The molecule has 1 aromatic heterocycles. The first kappa shape index (κ1) is 13.8. The van der Waals surface area contributed by atoms with Gasteiger partial charge in [0, 0.05) is 19.1 Å². The van der Waals surface area contributed by atoms with E-state index in [2.05, 4.69) is 10.2 Å². The molecule has 19 heavy (non-hydrogen) atoms. The second kappa shape index (κ2) is 5.16. The van der Waals surface area contributed by atoms with Crippen LogP contribution in [0.25, 0.3) is 0 Å². The summed E-state index contributed by atoms with van der Waals surface area (Å²) < 4.78 is 7.26. The molecule has 106 valence electrons. The van der Waals surface area contributed by atoms with Gasteiger partial charge in [-0.2, -0.15) is 0 Å². The van der Waals surface area contributed by atoms with Crippen LogP contribution in [0.4, 0.5) is 4.79 Å². The zero-order valence-electron chi connectivity index (χ0n) is 11.6. The number of ether oxygens (including phenoxy) is 1. The highest BCUT2D eigenvalue weighted by Gasteiger charge is 2.36. The summed E-state index contributed by atoms with van der Waals surface area (Å²) in [6.07, 6.45) is 3.73. The van der Waals surface area contributed by atoms with Crippen LogP contribution in [0, 0.1) is 0 Å². The van der Waals surface area contributed by atoms with E-state index in [1.54, 1.807) is 17.6 Å². The SMILES string of the molecule is CC(C)(C)OC(=O)N1CC(N)CC1Cn1cnnc1. The molecule has 0 spiro atoms. The average Bonchev–Trinajstić information content (AvgIpc) is 2.86. The van der Waals surface area contributed by atoms with Gasteiger partial charge in [-0.05, 0) is 27.2 Å². The number of carbonyl (C=O) groups is 1. The van der Waals surface area contributed by atoms with Crippen LogP contribution >= 0.6 is 0 Å². The number of hydrogen-bond donors (Lipinski definition) is 1. The van der Waals surface area contributed by atoms with Crippen molar-refractivity contribution < 1.29 is 9.53 Å². The molecule has 0 aromatic carbocycles. The number of likely N-dealkylation sites (tertiary alicyclic amines) is 1. The molecule has 1 saturated heterocycles. The van der Waals surface area contributed by atoms with Crippen LogP contribution in [0.5, 0.6) is 0 Å². The Morgan fingerprint density at radius 2 is 2.05 bits per heavy atom. The molecule has 7 heteroatoms. The molecule has 1 aliphatic rings. The van der Waals surface area contributed by atoms with Crippen molar-refractivity contribution >= 4 is 6.09 Å². The predicted octanol–water partition coefficient (Wildman–Crippen LogP) is 0.615. The normalized spacial score (nSPS) is 23.7. The highest BCUT2D eigenvalue weighted by atomic mass is 16.6. The summed E-state index contributed by atoms with van der Waals surface area (Å²) in [6.45, 7) is 6.74. The van der Waals surface area contributed by atoms with Gasteiger partial charge in [0.1, 0.15) is 18.3 Å². The summed E-state index contributed by atoms with van der Waals surface area (Å²) in [6, 6.07) is 0.0230. The van der Waals surface area contributed by atoms with Gasteiger partial charge in [-0.15, -0.1) is 10.2 Å². The third kappa shape index (κ3) is 3.66. The summed E-state index contributed by atoms with van der Waals surface area (Å²) in [5.41, 5.74) is 5.46. The number of rotatable bonds is 2. The number of hydrogen-bond acceptors (Lipinski definition) is 5. The minimum absolute atomic E-state index is 0.00556. The molecule has 0 radical (unpaired) electrons. The number of amides is 1. The molecule has 2 rings (SSSR count). The lowest BCUT2D eigenvalue weighted by Gasteiger charge is -2.28. The Labute approximate surface area is 112 Å². The van der Waals surface area contributed by atoms with E-state index in [1.807, 2.05) is 25.3 Å². The molecule has 2 unspecified atom stereocenters. The fraction of sp³-hybridized carbons (Fsp3) is 0.750. The second-order valence-corrected chi connectivity index (χ2v) is 5.94. The van der Waals surface area contributed by atoms with Crippen LogP contribution < -0.4 is 5.73 Å². The first-order valence-electron chi connectivity index (χ1n) is 6.43. The molecule has 0 bridgehead atoms. The van der Waals surface area contributed by atoms with Gasteiger partial charge in [-0.1, -0.05) is 0 Å². The van der Waals surface area contributed by atoms with Crippen molar-refractivity contribution in [3.63, 3.8) is 0 Å². The van der Waals surface area contributed by atoms with Crippen LogP contribution in [0.15, 0.2) is 12.7 Å². The van der Waals surface area contributed by atoms with E-state index in [4.69, 9.17) is 10.5 Å². The summed E-state index contributed by atoms with van der Waals surface area (Å²) in [5, 5.41) is 7.52. The van der Waals surface area contributed by atoms with E-state index in [1.165, 1.54) is 0 Å². The number of aromatic nitrogens is 3. The molecule has 7 nitrogen and oxygen atoms in total. The Hall–Kier alpha value is -1.63. The van der Waals surface area contributed by atoms with Crippen LogP contribution in [0.3, 0.4) is 0 Å². The summed E-state index contributed by atoms with van der Waals surface area (Å²) in [4.78, 5) is 13.9. The minimum atomic E-state index is -0.495. The third-order valence-corrected chi connectivity index (χ3v) is 2.96. The van der Waals surface area contributed by atoms with Gasteiger partial charge in [-0.3, -0.25) is 0 Å². The van der Waals surface area contributed by atoms with Crippen LogP contribution in [0.1, 0.15) is 27.2 Å². The van der Waals surface area contributed by atoms with E-state index in [9.17, 15) is 4.79 Å². The zero-order chi connectivity index (χ0) is 14.0. The lowest BCUT2D eigenvalue weighted by molar-refractivity contribution is 0.0212. The second-order valence-electron chi connectivity index (χ2n) is 5.94. The van der Waals surface area contributed by atoms with Gasteiger partial charge in [0.2, 0.25) is 0 Å². The molecular formula is C12H21N5O2. The Kier molecular flexibility index (Phi) is 3.75. The lowest BCUT2D eigenvalue weighted by atomic mass is 10.2. The van der Waals surface area contributed by atoms with Gasteiger partial charge in [0.05, 0.1) is 6.04 Å². The van der Waals surface area contributed by atoms with Crippen LogP contribution in [0.2, 0.25) is 0 Å². The Morgan fingerprint density at radius 3 is 2.63 bits per heavy atom. The van der Waals surface area contributed by atoms with Crippen LogP contribution in [-0.4, -0.2) is 50.0 Å². The molecule has 1 aliphatic heterocycles. The summed E-state index contributed by atoms with van der Waals surface area (Å²) in [7, 11) is 0. The van der Waals surface area contributed by atoms with E-state index >= 15 is 0 Å². The maximum atomic E-state index is 12.2. The molecular weight excluding hydrogens is 246 g/mol. The molecule has 2 heterocycles. The average molecular weight is 267 g/mol. The molecule has 0 aliphatic carbocycles. The number of nitrogens with zero attached hydrogens (tertiary/aromatic N) is 4. The van der Waals surface area contributed by atoms with Crippen molar-refractivity contribution in [3.05, 3.63) is 12.7 Å². The minimum Gasteiger partial charge on any atom is -0.444 e. The van der Waals surface area contributed by atoms with Crippen molar-refractivity contribution in [1.82, 2.24) is 19.7 Å².